The minimum Gasteiger partial charge on any atom is -0.493 e. The van der Waals surface area contributed by atoms with Gasteiger partial charge in [0.25, 0.3) is 0 Å². The number of ether oxygens (including phenoxy) is 1. The van der Waals surface area contributed by atoms with Crippen LogP contribution in [0.5, 0.6) is 5.75 Å². The second kappa shape index (κ2) is 11.9. The first kappa shape index (κ1) is 28.6. The van der Waals surface area contributed by atoms with Gasteiger partial charge in [-0.05, 0) is 49.1 Å². The monoisotopic (exact) mass is 620 g/mol. The SMILES string of the molecule is Cc1oc(-c2ccccc2)nc1CCOc1ccc(CCC(=O)O)c2c1CCN(S(=O)(=O)c1c(Cl)csc1Cl)C2. The molecule has 1 aliphatic heterocycles. The van der Waals surface area contributed by atoms with Gasteiger partial charge in [0.1, 0.15) is 20.7 Å². The van der Waals surface area contributed by atoms with E-state index in [1.54, 1.807) is 0 Å². The average Bonchev–Trinajstić information content (AvgIpc) is 3.48. The minimum atomic E-state index is -3.96. The summed E-state index contributed by atoms with van der Waals surface area (Å²) >= 11 is 13.4. The average molecular weight is 622 g/mol. The number of benzene rings is 2. The fourth-order valence-electron chi connectivity index (χ4n) is 4.78. The van der Waals surface area contributed by atoms with Crippen LogP contribution in [0.3, 0.4) is 0 Å². The van der Waals surface area contributed by atoms with E-state index in [2.05, 4.69) is 4.98 Å². The first-order chi connectivity index (χ1) is 19.1. The van der Waals surface area contributed by atoms with Gasteiger partial charge in [-0.3, -0.25) is 4.79 Å². The molecule has 0 amide bonds. The Morgan fingerprint density at radius 2 is 1.93 bits per heavy atom. The number of nitrogens with zero attached hydrogens (tertiary/aromatic N) is 2. The standard InChI is InChI=1S/C28H26Cl2N2O6S2/c1-17-23(31-28(38-17)19-5-3-2-4-6-19)12-14-37-24-9-7-18(8-10-25(33)34)21-15-32(13-11-20(21)24)40(35,36)26-22(29)16-39-27(26)30/h2-7,9,16H,8,10-15H2,1H3,(H,33,34). The van der Waals surface area contributed by atoms with E-state index in [-0.39, 0.29) is 40.2 Å². The summed E-state index contributed by atoms with van der Waals surface area (Å²) in [4.78, 5) is 15.8. The maximum atomic E-state index is 13.4. The highest BCUT2D eigenvalue weighted by Crippen LogP contribution is 2.40. The van der Waals surface area contributed by atoms with Gasteiger partial charge < -0.3 is 14.3 Å². The third kappa shape index (κ3) is 5.91. The van der Waals surface area contributed by atoms with Crippen molar-refractivity contribution in [2.75, 3.05) is 13.2 Å². The van der Waals surface area contributed by atoms with Gasteiger partial charge in [-0.1, -0.05) is 47.5 Å². The zero-order valence-corrected chi connectivity index (χ0v) is 24.7. The van der Waals surface area contributed by atoms with Gasteiger partial charge in [0.15, 0.2) is 0 Å². The van der Waals surface area contributed by atoms with E-state index < -0.39 is 16.0 Å². The smallest absolute Gasteiger partial charge is 0.303 e. The quantitative estimate of drug-likeness (QED) is 0.218. The van der Waals surface area contributed by atoms with Gasteiger partial charge in [0, 0.05) is 42.4 Å². The molecule has 0 aliphatic carbocycles. The molecule has 4 aromatic rings. The van der Waals surface area contributed by atoms with Crippen LogP contribution < -0.4 is 4.74 Å². The molecule has 210 valence electrons. The van der Waals surface area contributed by atoms with Crippen LogP contribution in [0.15, 0.2) is 57.2 Å². The third-order valence-electron chi connectivity index (χ3n) is 6.81. The van der Waals surface area contributed by atoms with Crippen LogP contribution in [0.4, 0.5) is 0 Å². The van der Waals surface area contributed by atoms with Gasteiger partial charge in [-0.15, -0.1) is 11.3 Å². The number of carboxylic acids is 1. The number of carbonyl (C=O) groups is 1. The van der Waals surface area contributed by atoms with Crippen molar-refractivity contribution in [1.82, 2.24) is 9.29 Å². The van der Waals surface area contributed by atoms with Crippen molar-refractivity contribution in [3.05, 3.63) is 85.3 Å². The first-order valence-electron chi connectivity index (χ1n) is 12.6. The summed E-state index contributed by atoms with van der Waals surface area (Å²) in [5, 5.41) is 10.8. The highest BCUT2D eigenvalue weighted by Gasteiger charge is 2.34. The Labute approximate surface area is 246 Å². The largest absolute Gasteiger partial charge is 0.493 e. The Morgan fingerprint density at radius 1 is 1.15 bits per heavy atom. The number of hydrogen-bond acceptors (Lipinski definition) is 7. The number of aliphatic carboxylic acids is 1. The van der Waals surface area contributed by atoms with Crippen molar-refractivity contribution in [2.24, 2.45) is 0 Å². The van der Waals surface area contributed by atoms with E-state index in [0.29, 0.717) is 31.1 Å². The van der Waals surface area contributed by atoms with Crippen LogP contribution in [-0.4, -0.2) is 41.9 Å². The van der Waals surface area contributed by atoms with Gasteiger partial charge in [0.2, 0.25) is 15.9 Å². The number of oxazole rings is 1. The summed E-state index contributed by atoms with van der Waals surface area (Å²) in [5.41, 5.74) is 4.09. The summed E-state index contributed by atoms with van der Waals surface area (Å²) in [6, 6.07) is 13.3. The molecule has 0 saturated carbocycles. The predicted molar refractivity (Wildman–Crippen MR) is 154 cm³/mol. The minimum absolute atomic E-state index is 0.0646. The fraction of sp³-hybridized carbons (Fsp3) is 0.286. The number of fused-ring (bicyclic) bond motifs is 1. The van der Waals surface area contributed by atoms with Gasteiger partial charge in [0.05, 0.1) is 17.3 Å². The third-order valence-corrected chi connectivity index (χ3v) is 10.7. The zero-order chi connectivity index (χ0) is 28.4. The van der Waals surface area contributed by atoms with Crippen molar-refractivity contribution in [2.45, 2.75) is 44.0 Å². The maximum Gasteiger partial charge on any atom is 0.303 e. The number of carboxylic acid groups (broad SMARTS) is 1. The molecule has 0 saturated heterocycles. The van der Waals surface area contributed by atoms with Crippen molar-refractivity contribution in [3.63, 3.8) is 0 Å². The van der Waals surface area contributed by atoms with Crippen LogP contribution in [0.2, 0.25) is 9.36 Å². The first-order valence-corrected chi connectivity index (χ1v) is 15.6. The highest BCUT2D eigenvalue weighted by molar-refractivity contribution is 7.89. The Bertz CT molecular complexity index is 1630. The van der Waals surface area contributed by atoms with Crippen molar-refractivity contribution in [1.29, 1.82) is 0 Å². The lowest BCUT2D eigenvalue weighted by Crippen LogP contribution is -2.36. The molecule has 0 radical (unpaired) electrons. The number of hydrogen-bond donors (Lipinski definition) is 1. The summed E-state index contributed by atoms with van der Waals surface area (Å²) in [6.45, 7) is 2.48. The second-order valence-corrected chi connectivity index (χ2v) is 13.1. The van der Waals surface area contributed by atoms with Crippen molar-refractivity contribution < 1.29 is 27.5 Å². The highest BCUT2D eigenvalue weighted by atomic mass is 35.5. The summed E-state index contributed by atoms with van der Waals surface area (Å²) in [5.74, 6) is 0.992. The molecule has 1 N–H and O–H groups in total. The molecule has 40 heavy (non-hydrogen) atoms. The van der Waals surface area contributed by atoms with Gasteiger partial charge in [-0.2, -0.15) is 4.31 Å². The normalized spacial score (nSPS) is 13.8. The Morgan fingerprint density at radius 3 is 2.62 bits per heavy atom. The van der Waals surface area contributed by atoms with E-state index >= 15 is 0 Å². The van der Waals surface area contributed by atoms with Gasteiger partial charge >= 0.3 is 5.97 Å². The Balaban J connectivity index is 1.37. The van der Waals surface area contributed by atoms with Gasteiger partial charge in [-0.25, -0.2) is 13.4 Å². The molecule has 2 aromatic carbocycles. The molecule has 1 aliphatic rings. The lowest BCUT2D eigenvalue weighted by molar-refractivity contribution is -0.136. The molecular formula is C28H26Cl2N2O6S2. The van der Waals surface area contributed by atoms with Crippen LogP contribution in [0, 0.1) is 6.92 Å². The topological polar surface area (TPSA) is 110 Å². The number of aryl methyl sites for hydroxylation is 2. The molecule has 12 heteroatoms. The molecular weight excluding hydrogens is 595 g/mol. The second-order valence-electron chi connectivity index (χ2n) is 9.34. The predicted octanol–water partition coefficient (Wildman–Crippen LogP) is 6.40. The Kier molecular flexibility index (Phi) is 8.53. The molecule has 5 rings (SSSR count). The summed E-state index contributed by atoms with van der Waals surface area (Å²) in [6.07, 6.45) is 1.11. The molecule has 3 heterocycles. The molecule has 0 atom stereocenters. The maximum absolute atomic E-state index is 13.4. The van der Waals surface area contributed by atoms with E-state index in [0.717, 1.165) is 45.0 Å². The van der Waals surface area contributed by atoms with Crippen LogP contribution >= 0.6 is 34.5 Å². The fourth-order valence-corrected chi connectivity index (χ4v) is 8.41. The number of thiophene rings is 1. The zero-order valence-electron chi connectivity index (χ0n) is 21.5. The number of rotatable bonds is 10. The summed E-state index contributed by atoms with van der Waals surface area (Å²) in [7, 11) is -3.96. The van der Waals surface area contributed by atoms with E-state index in [4.69, 9.17) is 32.4 Å². The van der Waals surface area contributed by atoms with Crippen LogP contribution in [0.25, 0.3) is 11.5 Å². The molecule has 2 aromatic heterocycles. The number of aromatic nitrogens is 1. The Hall–Kier alpha value is -2.89. The van der Waals surface area contributed by atoms with Crippen LogP contribution in [0.1, 0.15) is 34.6 Å². The molecule has 0 spiro atoms. The lowest BCUT2D eigenvalue weighted by atomic mass is 9.92. The van der Waals surface area contributed by atoms with E-state index in [1.807, 2.05) is 49.4 Å². The molecule has 0 unspecified atom stereocenters. The van der Waals surface area contributed by atoms with Crippen molar-refractivity contribution >= 4 is 50.5 Å². The molecule has 8 nitrogen and oxygen atoms in total. The van der Waals surface area contributed by atoms with E-state index in [1.165, 1.54) is 9.69 Å². The van der Waals surface area contributed by atoms with Crippen LogP contribution in [-0.2, 0) is 40.6 Å². The lowest BCUT2D eigenvalue weighted by Gasteiger charge is -2.31. The van der Waals surface area contributed by atoms with E-state index in [9.17, 15) is 18.3 Å². The summed E-state index contributed by atoms with van der Waals surface area (Å²) < 4.78 is 40.4. The molecule has 0 bridgehead atoms. The van der Waals surface area contributed by atoms with Crippen molar-refractivity contribution in [3.8, 4) is 17.2 Å². The number of halogens is 2. The molecule has 0 fully saturated rings. The number of sulfonamides is 1.